The van der Waals surface area contributed by atoms with Gasteiger partial charge in [0.25, 0.3) is 0 Å². The van der Waals surface area contributed by atoms with Crippen LogP contribution in [-0.4, -0.2) is 15.6 Å². The van der Waals surface area contributed by atoms with E-state index in [-0.39, 0.29) is 12.2 Å². The van der Waals surface area contributed by atoms with Crippen LogP contribution in [0, 0.1) is 0 Å². The van der Waals surface area contributed by atoms with Gasteiger partial charge >= 0.3 is 0 Å². The first-order valence-corrected chi connectivity index (χ1v) is 7.92. The molecule has 1 aromatic carbocycles. The number of ketones is 1. The van der Waals surface area contributed by atoms with E-state index in [0.717, 1.165) is 5.69 Å². The van der Waals surface area contributed by atoms with Crippen LogP contribution in [0.25, 0.3) is 0 Å². The predicted molar refractivity (Wildman–Crippen MR) is 84.2 cm³/mol. The van der Waals surface area contributed by atoms with Gasteiger partial charge in [-0.2, -0.15) is 5.10 Å². The Bertz CT molecular complexity index is 640. The molecule has 2 aromatic rings. The lowest BCUT2D eigenvalue weighted by Gasteiger charge is -2.09. The summed E-state index contributed by atoms with van der Waals surface area (Å²) in [6.07, 6.45) is 7.05. The minimum atomic E-state index is -0.0951. The first-order chi connectivity index (χ1) is 10.1. The van der Waals surface area contributed by atoms with E-state index >= 15 is 0 Å². The average Bonchev–Trinajstić information content (AvgIpc) is 3.08. The Kier molecular flexibility index (Phi) is 4.32. The molecule has 110 valence electrons. The van der Waals surface area contributed by atoms with E-state index in [9.17, 15) is 4.79 Å². The van der Waals surface area contributed by atoms with Crippen LogP contribution in [0.4, 0.5) is 0 Å². The maximum Gasteiger partial charge on any atom is 0.171 e. The van der Waals surface area contributed by atoms with Crippen LogP contribution in [0.15, 0.2) is 30.5 Å². The van der Waals surface area contributed by atoms with Crippen molar-refractivity contribution in [3.8, 4) is 0 Å². The summed E-state index contributed by atoms with van der Waals surface area (Å²) in [5.41, 5.74) is 1.15. The van der Waals surface area contributed by atoms with E-state index < -0.39 is 0 Å². The highest BCUT2D eigenvalue weighted by Crippen LogP contribution is 2.29. The van der Waals surface area contributed by atoms with Gasteiger partial charge in [-0.1, -0.05) is 42.1 Å². The number of carbonyl (C=O) groups excluding carboxylic acids is 1. The lowest BCUT2D eigenvalue weighted by molar-refractivity contribution is 0.0992. The maximum atomic E-state index is 12.4. The van der Waals surface area contributed by atoms with Gasteiger partial charge in [0, 0.05) is 6.20 Å². The second-order valence-electron chi connectivity index (χ2n) is 5.42. The lowest BCUT2D eigenvalue weighted by Crippen LogP contribution is -2.09. The molecule has 3 nitrogen and oxygen atoms in total. The van der Waals surface area contributed by atoms with E-state index in [1.807, 2.05) is 16.9 Å². The van der Waals surface area contributed by atoms with Crippen LogP contribution in [0.1, 0.15) is 47.8 Å². The molecule has 0 spiro atoms. The molecule has 1 fully saturated rings. The molecule has 0 bridgehead atoms. The zero-order valence-corrected chi connectivity index (χ0v) is 13.1. The first kappa shape index (κ1) is 14.6. The van der Waals surface area contributed by atoms with Crippen LogP contribution in [-0.2, 0) is 6.42 Å². The van der Waals surface area contributed by atoms with E-state index in [4.69, 9.17) is 23.2 Å². The van der Waals surface area contributed by atoms with E-state index in [1.165, 1.54) is 25.7 Å². The number of hydrogen-bond donors (Lipinski definition) is 0. The van der Waals surface area contributed by atoms with Gasteiger partial charge in [-0.05, 0) is 31.0 Å². The SMILES string of the molecule is O=C(Cc1ccn(C2CCCC2)n1)c1c(Cl)cccc1Cl. The Hall–Kier alpha value is -1.32. The Morgan fingerprint density at radius 1 is 1.19 bits per heavy atom. The van der Waals surface area contributed by atoms with Crippen molar-refractivity contribution in [1.82, 2.24) is 9.78 Å². The van der Waals surface area contributed by atoms with Crippen LogP contribution in [0.5, 0.6) is 0 Å². The number of rotatable bonds is 4. The third kappa shape index (κ3) is 3.14. The topological polar surface area (TPSA) is 34.9 Å². The van der Waals surface area contributed by atoms with Crippen molar-refractivity contribution in [1.29, 1.82) is 0 Å². The summed E-state index contributed by atoms with van der Waals surface area (Å²) in [7, 11) is 0. The molecule has 1 heterocycles. The molecular formula is C16H16Cl2N2O. The zero-order chi connectivity index (χ0) is 14.8. The number of Topliss-reactive ketones (excluding diaryl/α,β-unsaturated/α-hetero) is 1. The van der Waals surface area contributed by atoms with Crippen molar-refractivity contribution >= 4 is 29.0 Å². The Morgan fingerprint density at radius 3 is 2.52 bits per heavy atom. The van der Waals surface area contributed by atoms with Crippen molar-refractivity contribution in [3.63, 3.8) is 0 Å². The normalized spacial score (nSPS) is 15.5. The number of hydrogen-bond acceptors (Lipinski definition) is 2. The van der Waals surface area contributed by atoms with Crippen molar-refractivity contribution in [2.45, 2.75) is 38.1 Å². The van der Waals surface area contributed by atoms with Gasteiger partial charge in [0.05, 0.1) is 33.8 Å². The summed E-state index contributed by atoms with van der Waals surface area (Å²) in [6, 6.07) is 7.48. The number of aromatic nitrogens is 2. The van der Waals surface area contributed by atoms with E-state index in [2.05, 4.69) is 5.10 Å². The fourth-order valence-electron chi connectivity index (χ4n) is 2.86. The van der Waals surface area contributed by atoms with Crippen molar-refractivity contribution in [3.05, 3.63) is 51.8 Å². The van der Waals surface area contributed by atoms with Gasteiger partial charge in [0.2, 0.25) is 0 Å². The Morgan fingerprint density at radius 2 is 1.86 bits per heavy atom. The quantitative estimate of drug-likeness (QED) is 0.762. The van der Waals surface area contributed by atoms with Crippen molar-refractivity contribution < 1.29 is 4.79 Å². The van der Waals surface area contributed by atoms with Crippen LogP contribution < -0.4 is 0 Å². The summed E-state index contributed by atoms with van der Waals surface area (Å²) < 4.78 is 1.99. The third-order valence-corrected chi connectivity index (χ3v) is 4.58. The van der Waals surface area contributed by atoms with E-state index in [0.29, 0.717) is 21.7 Å². The number of halogens is 2. The summed E-state index contributed by atoms with van der Waals surface area (Å²) in [5, 5.41) is 5.31. The molecule has 0 amide bonds. The molecule has 1 aliphatic rings. The van der Waals surface area contributed by atoms with Gasteiger partial charge in [-0.15, -0.1) is 0 Å². The summed E-state index contributed by atoms with van der Waals surface area (Å²) in [4.78, 5) is 12.4. The average molecular weight is 323 g/mol. The fraction of sp³-hybridized carbons (Fsp3) is 0.375. The molecule has 3 rings (SSSR count). The molecule has 0 aliphatic heterocycles. The molecule has 1 aromatic heterocycles. The highest BCUT2D eigenvalue weighted by molar-refractivity contribution is 6.39. The second kappa shape index (κ2) is 6.20. The van der Waals surface area contributed by atoms with Crippen LogP contribution in [0.2, 0.25) is 10.0 Å². The smallest absolute Gasteiger partial charge is 0.171 e. The number of carbonyl (C=O) groups is 1. The third-order valence-electron chi connectivity index (χ3n) is 3.95. The summed E-state index contributed by atoms with van der Waals surface area (Å²) in [6.45, 7) is 0. The number of benzene rings is 1. The van der Waals surface area contributed by atoms with Gasteiger partial charge < -0.3 is 0 Å². The highest BCUT2D eigenvalue weighted by atomic mass is 35.5. The molecule has 0 radical (unpaired) electrons. The van der Waals surface area contributed by atoms with Crippen LogP contribution in [0.3, 0.4) is 0 Å². The monoisotopic (exact) mass is 322 g/mol. The molecule has 0 saturated heterocycles. The molecular weight excluding hydrogens is 307 g/mol. The first-order valence-electron chi connectivity index (χ1n) is 7.16. The zero-order valence-electron chi connectivity index (χ0n) is 11.6. The molecule has 21 heavy (non-hydrogen) atoms. The minimum Gasteiger partial charge on any atom is -0.294 e. The summed E-state index contributed by atoms with van der Waals surface area (Å²) >= 11 is 12.1. The van der Waals surface area contributed by atoms with Crippen molar-refractivity contribution in [2.24, 2.45) is 0 Å². The number of nitrogens with zero attached hydrogens (tertiary/aromatic N) is 2. The molecule has 0 atom stereocenters. The molecule has 1 aliphatic carbocycles. The van der Waals surface area contributed by atoms with Crippen LogP contribution >= 0.6 is 23.2 Å². The Balaban J connectivity index is 1.76. The molecule has 0 N–H and O–H groups in total. The molecule has 5 heteroatoms. The Labute approximate surface area is 133 Å². The predicted octanol–water partition coefficient (Wildman–Crippen LogP) is 4.73. The van der Waals surface area contributed by atoms with Gasteiger partial charge in [-0.25, -0.2) is 0 Å². The van der Waals surface area contributed by atoms with Gasteiger partial charge in [0.15, 0.2) is 5.78 Å². The van der Waals surface area contributed by atoms with Gasteiger partial charge in [-0.3, -0.25) is 9.48 Å². The standard InChI is InChI=1S/C16H16Cl2N2O/c17-13-6-3-7-14(18)16(13)15(21)10-11-8-9-20(19-11)12-4-1-2-5-12/h3,6-9,12H,1-2,4-5,10H2. The second-order valence-corrected chi connectivity index (χ2v) is 6.24. The van der Waals surface area contributed by atoms with Gasteiger partial charge in [0.1, 0.15) is 0 Å². The molecule has 1 saturated carbocycles. The largest absolute Gasteiger partial charge is 0.294 e. The maximum absolute atomic E-state index is 12.4. The van der Waals surface area contributed by atoms with E-state index in [1.54, 1.807) is 18.2 Å². The fourth-order valence-corrected chi connectivity index (χ4v) is 3.47. The van der Waals surface area contributed by atoms with Crippen molar-refractivity contribution in [2.75, 3.05) is 0 Å². The minimum absolute atomic E-state index is 0.0951. The highest BCUT2D eigenvalue weighted by Gasteiger charge is 2.19. The lowest BCUT2D eigenvalue weighted by atomic mass is 10.1. The molecule has 0 unspecified atom stereocenters. The summed E-state index contributed by atoms with van der Waals surface area (Å²) in [5.74, 6) is -0.0951.